The number of carbonyl (C=O) groups is 2. The number of nitrogens with zero attached hydrogens (tertiary/aromatic N) is 3. The second-order valence-corrected chi connectivity index (χ2v) is 8.54. The van der Waals surface area contributed by atoms with Gasteiger partial charge in [0, 0.05) is 25.9 Å². The first kappa shape index (κ1) is 22.5. The lowest BCUT2D eigenvalue weighted by Gasteiger charge is -2.35. The van der Waals surface area contributed by atoms with Crippen molar-refractivity contribution >= 4 is 22.8 Å². The summed E-state index contributed by atoms with van der Waals surface area (Å²) in [7, 11) is 0. The Morgan fingerprint density at radius 2 is 1.61 bits per heavy atom. The average molecular weight is 449 g/mol. The topological polar surface area (TPSA) is 105 Å². The van der Waals surface area contributed by atoms with Crippen LogP contribution in [0.25, 0.3) is 11.0 Å². The highest BCUT2D eigenvalue weighted by molar-refractivity contribution is 5.99. The third-order valence-corrected chi connectivity index (χ3v) is 5.79. The molecule has 172 valence electrons. The molecule has 3 aromatic rings. The number of hydrogen-bond donors (Lipinski definition) is 2. The fourth-order valence-corrected chi connectivity index (χ4v) is 3.95. The summed E-state index contributed by atoms with van der Waals surface area (Å²) in [5, 5.41) is 13.0. The quantitative estimate of drug-likeness (QED) is 0.600. The van der Waals surface area contributed by atoms with Crippen molar-refractivity contribution in [3.8, 4) is 11.6 Å². The zero-order valence-corrected chi connectivity index (χ0v) is 18.8. The van der Waals surface area contributed by atoms with Gasteiger partial charge in [-0.15, -0.1) is 0 Å². The molecule has 2 aromatic carbocycles. The second kappa shape index (κ2) is 9.85. The molecule has 1 aliphatic heterocycles. The number of piperidine rings is 1. The number of rotatable bonds is 6. The number of amides is 2. The van der Waals surface area contributed by atoms with Crippen molar-refractivity contribution in [3.63, 3.8) is 0 Å². The highest BCUT2D eigenvalue weighted by Crippen LogP contribution is 2.21. The first-order valence-electron chi connectivity index (χ1n) is 11.2. The van der Waals surface area contributed by atoms with Crippen LogP contribution in [-0.4, -0.2) is 57.0 Å². The molecule has 8 heteroatoms. The molecule has 0 unspecified atom stereocenters. The SMILES string of the molecule is CC(C)[C@H](NC(=O)c1nc2ccccc2nc1O)C(=O)N1CCC(Oc2ccccc2)CC1. The van der Waals surface area contributed by atoms with E-state index < -0.39 is 17.8 Å². The molecule has 0 bridgehead atoms. The van der Waals surface area contributed by atoms with Crippen LogP contribution in [0.15, 0.2) is 54.6 Å². The van der Waals surface area contributed by atoms with Crippen LogP contribution in [0.3, 0.4) is 0 Å². The van der Waals surface area contributed by atoms with E-state index >= 15 is 0 Å². The van der Waals surface area contributed by atoms with Crippen LogP contribution in [0, 0.1) is 5.92 Å². The van der Waals surface area contributed by atoms with Crippen LogP contribution in [0.1, 0.15) is 37.2 Å². The minimum Gasteiger partial charge on any atom is -0.492 e. The number of nitrogens with one attached hydrogen (secondary N) is 1. The van der Waals surface area contributed by atoms with E-state index in [9.17, 15) is 14.7 Å². The van der Waals surface area contributed by atoms with Crippen molar-refractivity contribution in [2.45, 2.75) is 38.8 Å². The van der Waals surface area contributed by atoms with Crippen molar-refractivity contribution < 1.29 is 19.4 Å². The first-order chi connectivity index (χ1) is 15.9. The summed E-state index contributed by atoms with van der Waals surface area (Å²) in [5.74, 6) is -0.550. The maximum absolute atomic E-state index is 13.2. The molecule has 0 aliphatic carbocycles. The standard InChI is InChI=1S/C25H28N4O4/c1-16(2)21(28-24(31)22-23(30)27-20-11-7-6-10-19(20)26-22)25(32)29-14-12-18(13-15-29)33-17-8-4-3-5-9-17/h3-11,16,18,21H,12-15H2,1-2H3,(H,27,30)(H,28,31)/t21-/m0/s1. The number of fused-ring (bicyclic) bond motifs is 1. The molecule has 0 radical (unpaired) electrons. The zero-order chi connectivity index (χ0) is 23.4. The fourth-order valence-electron chi connectivity index (χ4n) is 3.95. The Labute approximate surface area is 192 Å². The lowest BCUT2D eigenvalue weighted by Crippen LogP contribution is -2.53. The fraction of sp³-hybridized carbons (Fsp3) is 0.360. The van der Waals surface area contributed by atoms with Crippen LogP contribution in [0.4, 0.5) is 0 Å². The Kier molecular flexibility index (Phi) is 6.72. The number of para-hydroxylation sites is 3. The minimum absolute atomic E-state index is 0.0494. The van der Waals surface area contributed by atoms with Crippen molar-refractivity contribution in [3.05, 3.63) is 60.3 Å². The highest BCUT2D eigenvalue weighted by Gasteiger charge is 2.33. The van der Waals surface area contributed by atoms with Gasteiger partial charge in [0.05, 0.1) is 11.0 Å². The van der Waals surface area contributed by atoms with E-state index in [-0.39, 0.29) is 23.6 Å². The summed E-state index contributed by atoms with van der Waals surface area (Å²) in [4.78, 5) is 36.2. The summed E-state index contributed by atoms with van der Waals surface area (Å²) in [6, 6.07) is 15.9. The van der Waals surface area contributed by atoms with Crippen LogP contribution in [-0.2, 0) is 4.79 Å². The zero-order valence-electron chi connectivity index (χ0n) is 18.8. The third-order valence-electron chi connectivity index (χ3n) is 5.79. The van der Waals surface area contributed by atoms with Crippen molar-refractivity contribution in [1.29, 1.82) is 0 Å². The molecule has 0 spiro atoms. The lowest BCUT2D eigenvalue weighted by atomic mass is 10.00. The summed E-state index contributed by atoms with van der Waals surface area (Å²) in [6.07, 6.45) is 1.49. The molecule has 1 atom stereocenters. The number of ether oxygens (including phenoxy) is 1. The number of aromatic nitrogens is 2. The van der Waals surface area contributed by atoms with Gasteiger partial charge in [-0.05, 0) is 30.2 Å². The number of benzene rings is 2. The Balaban J connectivity index is 1.41. The van der Waals surface area contributed by atoms with E-state index in [2.05, 4.69) is 15.3 Å². The van der Waals surface area contributed by atoms with Crippen LogP contribution in [0.5, 0.6) is 11.6 Å². The van der Waals surface area contributed by atoms with Crippen LogP contribution in [0.2, 0.25) is 0 Å². The Morgan fingerprint density at radius 1 is 1.00 bits per heavy atom. The maximum atomic E-state index is 13.2. The molecule has 1 aliphatic rings. The number of likely N-dealkylation sites (tertiary alicyclic amines) is 1. The Bertz CT molecular complexity index is 1130. The Hall–Kier alpha value is -3.68. The van der Waals surface area contributed by atoms with Gasteiger partial charge in [0.25, 0.3) is 5.91 Å². The predicted molar refractivity (Wildman–Crippen MR) is 124 cm³/mol. The largest absolute Gasteiger partial charge is 0.492 e. The van der Waals surface area contributed by atoms with Crippen molar-refractivity contribution in [2.24, 2.45) is 5.92 Å². The van der Waals surface area contributed by atoms with Gasteiger partial charge in [-0.3, -0.25) is 9.59 Å². The van der Waals surface area contributed by atoms with Crippen LogP contribution >= 0.6 is 0 Å². The van der Waals surface area contributed by atoms with Gasteiger partial charge >= 0.3 is 0 Å². The molecular weight excluding hydrogens is 420 g/mol. The second-order valence-electron chi connectivity index (χ2n) is 8.54. The van der Waals surface area contributed by atoms with E-state index in [4.69, 9.17) is 4.74 Å². The summed E-state index contributed by atoms with van der Waals surface area (Å²) in [5.41, 5.74) is 0.791. The maximum Gasteiger partial charge on any atom is 0.276 e. The summed E-state index contributed by atoms with van der Waals surface area (Å²) >= 11 is 0. The van der Waals surface area contributed by atoms with Gasteiger partial charge in [-0.25, -0.2) is 9.97 Å². The molecule has 1 aromatic heterocycles. The minimum atomic E-state index is -0.739. The van der Waals surface area contributed by atoms with E-state index in [1.165, 1.54) is 0 Å². The highest BCUT2D eigenvalue weighted by atomic mass is 16.5. The molecule has 0 saturated carbocycles. The van der Waals surface area contributed by atoms with Crippen LogP contribution < -0.4 is 10.1 Å². The molecule has 4 rings (SSSR count). The predicted octanol–water partition coefficient (Wildman–Crippen LogP) is 3.16. The molecule has 33 heavy (non-hydrogen) atoms. The van der Waals surface area contributed by atoms with Gasteiger partial charge in [0.15, 0.2) is 5.69 Å². The smallest absolute Gasteiger partial charge is 0.276 e. The van der Waals surface area contributed by atoms with E-state index in [1.54, 1.807) is 29.2 Å². The molecule has 1 saturated heterocycles. The molecule has 2 N–H and O–H groups in total. The van der Waals surface area contributed by atoms with E-state index in [1.807, 2.05) is 44.2 Å². The number of carbonyl (C=O) groups excluding carboxylic acids is 2. The first-order valence-corrected chi connectivity index (χ1v) is 11.2. The molecular formula is C25H28N4O4. The molecule has 2 heterocycles. The number of hydrogen-bond acceptors (Lipinski definition) is 6. The van der Waals surface area contributed by atoms with Gasteiger partial charge in [0.1, 0.15) is 17.9 Å². The third kappa shape index (κ3) is 5.22. The lowest BCUT2D eigenvalue weighted by molar-refractivity contribution is -0.136. The molecule has 1 fully saturated rings. The average Bonchev–Trinajstić information content (AvgIpc) is 2.82. The summed E-state index contributed by atoms with van der Waals surface area (Å²) < 4.78 is 6.01. The molecule has 8 nitrogen and oxygen atoms in total. The van der Waals surface area contributed by atoms with E-state index in [0.717, 1.165) is 18.6 Å². The normalized spacial score (nSPS) is 15.4. The van der Waals surface area contributed by atoms with Gasteiger partial charge in [-0.2, -0.15) is 0 Å². The summed E-state index contributed by atoms with van der Waals surface area (Å²) in [6.45, 7) is 4.85. The monoisotopic (exact) mass is 448 g/mol. The molecule has 2 amide bonds. The Morgan fingerprint density at radius 3 is 2.24 bits per heavy atom. The van der Waals surface area contributed by atoms with Gasteiger partial charge < -0.3 is 20.1 Å². The number of aromatic hydroxyl groups is 1. The van der Waals surface area contributed by atoms with Gasteiger partial charge in [-0.1, -0.05) is 44.2 Å². The van der Waals surface area contributed by atoms with Crippen molar-refractivity contribution in [1.82, 2.24) is 20.2 Å². The van der Waals surface area contributed by atoms with Crippen molar-refractivity contribution in [2.75, 3.05) is 13.1 Å². The van der Waals surface area contributed by atoms with Gasteiger partial charge in [0.2, 0.25) is 11.8 Å². The van der Waals surface area contributed by atoms with E-state index in [0.29, 0.717) is 24.1 Å².